The van der Waals surface area contributed by atoms with Gasteiger partial charge in [0, 0.05) is 26.8 Å². The molecule has 1 amide bonds. The van der Waals surface area contributed by atoms with E-state index in [1.807, 2.05) is 0 Å². The van der Waals surface area contributed by atoms with Crippen LogP contribution < -0.4 is 10.6 Å². The molecule has 0 heterocycles. The van der Waals surface area contributed by atoms with Gasteiger partial charge in [0.15, 0.2) is 0 Å². The normalized spacial score (nSPS) is 23.9. The SMILES string of the molecule is CNC(=O)[C@H]1CCCC[C@H]1NCCCCCOC. The molecule has 1 fully saturated rings. The van der Waals surface area contributed by atoms with Crippen LogP contribution >= 0.6 is 0 Å². The molecule has 2 N–H and O–H groups in total. The van der Waals surface area contributed by atoms with Gasteiger partial charge in [0.2, 0.25) is 5.91 Å². The summed E-state index contributed by atoms with van der Waals surface area (Å²) in [7, 11) is 3.48. The number of carbonyl (C=O) groups is 1. The summed E-state index contributed by atoms with van der Waals surface area (Å²) < 4.78 is 5.03. The number of methoxy groups -OCH3 is 1. The van der Waals surface area contributed by atoms with Crippen molar-refractivity contribution in [2.24, 2.45) is 5.92 Å². The first-order chi connectivity index (χ1) is 8.79. The van der Waals surface area contributed by atoms with Crippen LogP contribution in [0, 0.1) is 5.92 Å². The minimum atomic E-state index is 0.169. The van der Waals surface area contributed by atoms with Crippen LogP contribution in [0.25, 0.3) is 0 Å². The van der Waals surface area contributed by atoms with Crippen LogP contribution in [0.4, 0.5) is 0 Å². The molecule has 0 aromatic heterocycles. The molecule has 2 atom stereocenters. The maximum absolute atomic E-state index is 11.8. The van der Waals surface area contributed by atoms with Gasteiger partial charge in [0.1, 0.15) is 0 Å². The van der Waals surface area contributed by atoms with E-state index in [0.717, 1.165) is 32.4 Å². The highest BCUT2D eigenvalue weighted by atomic mass is 16.5. The third kappa shape index (κ3) is 5.36. The van der Waals surface area contributed by atoms with Crippen LogP contribution in [0.1, 0.15) is 44.9 Å². The van der Waals surface area contributed by atoms with E-state index in [2.05, 4.69) is 10.6 Å². The zero-order valence-corrected chi connectivity index (χ0v) is 11.8. The molecule has 0 aromatic carbocycles. The molecular formula is C14H28N2O2. The largest absolute Gasteiger partial charge is 0.385 e. The second kappa shape index (κ2) is 9.34. The van der Waals surface area contributed by atoms with E-state index < -0.39 is 0 Å². The third-order valence-electron chi connectivity index (χ3n) is 3.78. The Balaban J connectivity index is 2.19. The van der Waals surface area contributed by atoms with Crippen molar-refractivity contribution in [3.63, 3.8) is 0 Å². The fourth-order valence-electron chi connectivity index (χ4n) is 2.71. The average Bonchev–Trinajstić information content (AvgIpc) is 2.42. The van der Waals surface area contributed by atoms with Crippen molar-refractivity contribution in [2.75, 3.05) is 27.3 Å². The summed E-state index contributed by atoms with van der Waals surface area (Å²) in [6, 6.07) is 0.376. The number of rotatable bonds is 8. The topological polar surface area (TPSA) is 50.4 Å². The van der Waals surface area contributed by atoms with Gasteiger partial charge in [-0.15, -0.1) is 0 Å². The Hall–Kier alpha value is -0.610. The maximum atomic E-state index is 11.8. The highest BCUT2D eigenvalue weighted by Crippen LogP contribution is 2.24. The van der Waals surface area contributed by atoms with Crippen LogP contribution in [-0.4, -0.2) is 39.3 Å². The Kier molecular flexibility index (Phi) is 8.01. The van der Waals surface area contributed by atoms with Crippen LogP contribution in [-0.2, 0) is 9.53 Å². The lowest BCUT2D eigenvalue weighted by Crippen LogP contribution is -2.45. The lowest BCUT2D eigenvalue weighted by molar-refractivity contribution is -0.126. The molecule has 106 valence electrons. The summed E-state index contributed by atoms with van der Waals surface area (Å²) in [6.45, 7) is 1.87. The smallest absolute Gasteiger partial charge is 0.224 e. The molecule has 0 aliphatic heterocycles. The van der Waals surface area contributed by atoms with Crippen molar-refractivity contribution in [2.45, 2.75) is 51.0 Å². The summed E-state index contributed by atoms with van der Waals surface area (Å²) in [4.78, 5) is 11.8. The summed E-state index contributed by atoms with van der Waals surface area (Å²) in [6.07, 6.45) is 8.08. The second-order valence-corrected chi connectivity index (χ2v) is 5.12. The summed E-state index contributed by atoms with van der Waals surface area (Å²) in [5.41, 5.74) is 0. The molecule has 0 radical (unpaired) electrons. The van der Waals surface area contributed by atoms with E-state index in [1.54, 1.807) is 14.2 Å². The zero-order chi connectivity index (χ0) is 13.2. The van der Waals surface area contributed by atoms with Crippen molar-refractivity contribution in [1.82, 2.24) is 10.6 Å². The van der Waals surface area contributed by atoms with E-state index in [4.69, 9.17) is 4.74 Å². The van der Waals surface area contributed by atoms with E-state index in [1.165, 1.54) is 25.7 Å². The molecule has 18 heavy (non-hydrogen) atoms. The highest BCUT2D eigenvalue weighted by Gasteiger charge is 2.29. The molecule has 1 aliphatic rings. The second-order valence-electron chi connectivity index (χ2n) is 5.12. The number of hydrogen-bond acceptors (Lipinski definition) is 3. The standard InChI is InChI=1S/C14H28N2O2/c1-15-14(17)12-8-4-5-9-13(12)16-10-6-3-7-11-18-2/h12-13,16H,3-11H2,1-2H3,(H,15,17)/t12-,13+/m0/s1. The number of carbonyl (C=O) groups excluding carboxylic acids is 1. The third-order valence-corrected chi connectivity index (χ3v) is 3.78. The van der Waals surface area contributed by atoms with Crippen LogP contribution in [0.2, 0.25) is 0 Å². The summed E-state index contributed by atoms with van der Waals surface area (Å²) in [5.74, 6) is 0.370. The summed E-state index contributed by atoms with van der Waals surface area (Å²) in [5, 5.41) is 6.35. The van der Waals surface area contributed by atoms with Gasteiger partial charge in [-0.2, -0.15) is 0 Å². The molecule has 0 spiro atoms. The quantitative estimate of drug-likeness (QED) is 0.650. The Bertz CT molecular complexity index is 234. The molecule has 4 heteroatoms. The van der Waals surface area contributed by atoms with Crippen molar-refractivity contribution in [3.8, 4) is 0 Å². The molecule has 1 aliphatic carbocycles. The molecule has 0 saturated heterocycles. The first kappa shape index (κ1) is 15.4. The Morgan fingerprint density at radius 1 is 1.22 bits per heavy atom. The molecule has 0 aromatic rings. The predicted octanol–water partition coefficient (Wildman–Crippen LogP) is 1.70. The molecule has 4 nitrogen and oxygen atoms in total. The number of amides is 1. The Morgan fingerprint density at radius 3 is 2.72 bits per heavy atom. The predicted molar refractivity (Wildman–Crippen MR) is 73.5 cm³/mol. The van der Waals surface area contributed by atoms with E-state index in [0.29, 0.717) is 6.04 Å². The number of hydrogen-bond donors (Lipinski definition) is 2. The lowest BCUT2D eigenvalue weighted by atomic mass is 9.84. The van der Waals surface area contributed by atoms with Gasteiger partial charge >= 0.3 is 0 Å². The highest BCUT2D eigenvalue weighted by molar-refractivity contribution is 5.79. The van der Waals surface area contributed by atoms with Gasteiger partial charge in [0.05, 0.1) is 5.92 Å². The van der Waals surface area contributed by atoms with Gasteiger partial charge in [-0.3, -0.25) is 4.79 Å². The Labute approximate surface area is 111 Å². The van der Waals surface area contributed by atoms with Crippen molar-refractivity contribution in [1.29, 1.82) is 0 Å². The first-order valence-electron chi connectivity index (χ1n) is 7.23. The van der Waals surface area contributed by atoms with Gasteiger partial charge in [-0.05, 0) is 38.6 Å². The van der Waals surface area contributed by atoms with Crippen LogP contribution in [0.15, 0.2) is 0 Å². The minimum absolute atomic E-state index is 0.169. The minimum Gasteiger partial charge on any atom is -0.385 e. The van der Waals surface area contributed by atoms with E-state index in [-0.39, 0.29) is 11.8 Å². The zero-order valence-electron chi connectivity index (χ0n) is 11.8. The van der Waals surface area contributed by atoms with Crippen LogP contribution in [0.3, 0.4) is 0 Å². The molecule has 0 bridgehead atoms. The maximum Gasteiger partial charge on any atom is 0.224 e. The number of nitrogens with one attached hydrogen (secondary N) is 2. The van der Waals surface area contributed by atoms with Gasteiger partial charge in [-0.25, -0.2) is 0 Å². The van der Waals surface area contributed by atoms with Crippen molar-refractivity contribution >= 4 is 5.91 Å². The van der Waals surface area contributed by atoms with Crippen LogP contribution in [0.5, 0.6) is 0 Å². The monoisotopic (exact) mass is 256 g/mol. The van der Waals surface area contributed by atoms with Gasteiger partial charge in [-0.1, -0.05) is 12.8 Å². The van der Waals surface area contributed by atoms with Gasteiger partial charge in [0.25, 0.3) is 0 Å². The summed E-state index contributed by atoms with van der Waals surface area (Å²) >= 11 is 0. The van der Waals surface area contributed by atoms with E-state index in [9.17, 15) is 4.79 Å². The van der Waals surface area contributed by atoms with Gasteiger partial charge < -0.3 is 15.4 Å². The number of ether oxygens (including phenoxy) is 1. The fourth-order valence-corrected chi connectivity index (χ4v) is 2.71. The van der Waals surface area contributed by atoms with Crippen molar-refractivity contribution < 1.29 is 9.53 Å². The number of unbranched alkanes of at least 4 members (excludes halogenated alkanes) is 2. The molecular weight excluding hydrogens is 228 g/mol. The molecule has 1 saturated carbocycles. The molecule has 0 unspecified atom stereocenters. The lowest BCUT2D eigenvalue weighted by Gasteiger charge is -2.31. The Morgan fingerprint density at radius 2 is 2.00 bits per heavy atom. The van der Waals surface area contributed by atoms with E-state index >= 15 is 0 Å². The fraction of sp³-hybridized carbons (Fsp3) is 0.929. The first-order valence-corrected chi connectivity index (χ1v) is 7.23. The average molecular weight is 256 g/mol. The van der Waals surface area contributed by atoms with Crippen molar-refractivity contribution in [3.05, 3.63) is 0 Å². The molecule has 1 rings (SSSR count).